The second-order valence-corrected chi connectivity index (χ2v) is 6.08. The highest BCUT2D eigenvalue weighted by molar-refractivity contribution is 6.04. The lowest BCUT2D eigenvalue weighted by atomic mass is 10.2. The second kappa shape index (κ2) is 7.44. The van der Waals surface area contributed by atoms with Gasteiger partial charge in [-0.05, 0) is 31.7 Å². The monoisotopic (exact) mass is 330 g/mol. The molecule has 1 atom stereocenters. The minimum Gasteiger partial charge on any atom is -0.368 e. The molecular weight excluding hydrogens is 308 g/mol. The van der Waals surface area contributed by atoms with Crippen molar-refractivity contribution in [2.24, 2.45) is 5.92 Å². The van der Waals surface area contributed by atoms with E-state index < -0.39 is 6.10 Å². The van der Waals surface area contributed by atoms with E-state index >= 15 is 0 Å². The summed E-state index contributed by atoms with van der Waals surface area (Å²) in [6, 6.07) is 7.44. The van der Waals surface area contributed by atoms with E-state index in [4.69, 9.17) is 4.74 Å². The van der Waals surface area contributed by atoms with Gasteiger partial charge in [0.2, 0.25) is 5.91 Å². The van der Waals surface area contributed by atoms with Crippen LogP contribution in [0.5, 0.6) is 0 Å². The van der Waals surface area contributed by atoms with Gasteiger partial charge in [-0.1, -0.05) is 18.2 Å². The molecule has 1 aliphatic carbocycles. The Hall–Kier alpha value is -2.41. The van der Waals surface area contributed by atoms with E-state index in [2.05, 4.69) is 20.8 Å². The minimum absolute atomic E-state index is 0.157. The highest BCUT2D eigenvalue weighted by atomic mass is 16.5. The third-order valence-corrected chi connectivity index (χ3v) is 4.04. The number of hydrogen-bond donors (Lipinski definition) is 3. The van der Waals surface area contributed by atoms with Crippen molar-refractivity contribution in [2.45, 2.75) is 25.9 Å². The van der Waals surface area contributed by atoms with E-state index in [1.54, 1.807) is 6.92 Å². The fourth-order valence-corrected chi connectivity index (χ4v) is 2.37. The number of ether oxygens (including phenoxy) is 1. The maximum atomic E-state index is 12.2. The van der Waals surface area contributed by atoms with Gasteiger partial charge in [0.1, 0.15) is 6.10 Å². The number of carbonyl (C=O) groups is 2. The van der Waals surface area contributed by atoms with Crippen molar-refractivity contribution >= 4 is 22.7 Å². The molecule has 1 aromatic carbocycles. The quantitative estimate of drug-likeness (QED) is 0.634. The fraction of sp³-hybridized carbons (Fsp3) is 0.471. The van der Waals surface area contributed by atoms with Crippen LogP contribution in [-0.2, 0) is 9.53 Å². The van der Waals surface area contributed by atoms with Crippen molar-refractivity contribution in [2.75, 3.05) is 19.7 Å². The summed E-state index contributed by atoms with van der Waals surface area (Å²) in [5.74, 6) is 0.207. The Kier molecular flexibility index (Phi) is 5.10. The van der Waals surface area contributed by atoms with Gasteiger partial charge in [0.25, 0.3) is 5.91 Å². The van der Waals surface area contributed by atoms with Crippen LogP contribution >= 0.6 is 0 Å². The first-order chi connectivity index (χ1) is 11.6. The average molecular weight is 330 g/mol. The zero-order valence-corrected chi connectivity index (χ0v) is 13.7. The molecule has 1 saturated carbocycles. The molecule has 2 amide bonds. The zero-order valence-electron chi connectivity index (χ0n) is 13.7. The third-order valence-electron chi connectivity index (χ3n) is 4.04. The first kappa shape index (κ1) is 16.4. The number of aromatic amines is 1. The summed E-state index contributed by atoms with van der Waals surface area (Å²) in [6.45, 7) is 3.08. The van der Waals surface area contributed by atoms with Crippen molar-refractivity contribution in [3.05, 3.63) is 30.0 Å². The number of aromatic nitrogens is 2. The van der Waals surface area contributed by atoms with Gasteiger partial charge in [0.05, 0.1) is 12.1 Å². The summed E-state index contributed by atoms with van der Waals surface area (Å²) < 4.78 is 5.50. The number of rotatable bonds is 8. The molecule has 7 nitrogen and oxygen atoms in total. The Morgan fingerprint density at radius 3 is 2.83 bits per heavy atom. The Bertz CT molecular complexity index is 723. The van der Waals surface area contributed by atoms with E-state index in [0.717, 1.165) is 10.9 Å². The van der Waals surface area contributed by atoms with E-state index in [1.165, 1.54) is 12.8 Å². The molecule has 3 N–H and O–H groups in total. The maximum Gasteiger partial charge on any atom is 0.272 e. The molecule has 3 rings (SSSR count). The number of fused-ring (bicyclic) bond motifs is 1. The smallest absolute Gasteiger partial charge is 0.272 e. The van der Waals surface area contributed by atoms with Crippen molar-refractivity contribution in [3.63, 3.8) is 0 Å². The van der Waals surface area contributed by atoms with Gasteiger partial charge in [0, 0.05) is 18.5 Å². The van der Waals surface area contributed by atoms with Crippen molar-refractivity contribution < 1.29 is 14.3 Å². The Balaban J connectivity index is 1.39. The lowest BCUT2D eigenvalue weighted by Gasteiger charge is -2.13. The molecule has 7 heteroatoms. The zero-order chi connectivity index (χ0) is 16.9. The van der Waals surface area contributed by atoms with Crippen LogP contribution in [0.2, 0.25) is 0 Å². The lowest BCUT2D eigenvalue weighted by Crippen LogP contribution is -2.40. The number of nitrogens with one attached hydrogen (secondary N) is 3. The molecule has 0 radical (unpaired) electrons. The Morgan fingerprint density at radius 2 is 2.04 bits per heavy atom. The van der Waals surface area contributed by atoms with Gasteiger partial charge in [0.15, 0.2) is 5.69 Å². The van der Waals surface area contributed by atoms with Crippen LogP contribution in [-0.4, -0.2) is 47.8 Å². The predicted octanol–water partition coefficient (Wildman–Crippen LogP) is 1.22. The van der Waals surface area contributed by atoms with E-state index in [0.29, 0.717) is 31.3 Å². The van der Waals surface area contributed by atoms with Gasteiger partial charge in [-0.3, -0.25) is 14.7 Å². The summed E-state index contributed by atoms with van der Waals surface area (Å²) in [5.41, 5.74) is 1.18. The second-order valence-electron chi connectivity index (χ2n) is 6.08. The SMILES string of the molecule is C[C@H](OCC1CC1)C(=O)NCCNC(=O)c1n[nH]c2ccccc12. The van der Waals surface area contributed by atoms with Crippen LogP contribution in [0.25, 0.3) is 10.9 Å². The molecule has 24 heavy (non-hydrogen) atoms. The molecule has 0 unspecified atom stereocenters. The fourth-order valence-electron chi connectivity index (χ4n) is 2.37. The summed E-state index contributed by atoms with van der Waals surface area (Å²) in [7, 11) is 0. The van der Waals surface area contributed by atoms with Crippen molar-refractivity contribution in [1.29, 1.82) is 0 Å². The maximum absolute atomic E-state index is 12.2. The highest BCUT2D eigenvalue weighted by Gasteiger charge is 2.23. The van der Waals surface area contributed by atoms with Gasteiger partial charge < -0.3 is 15.4 Å². The average Bonchev–Trinajstić information content (AvgIpc) is 3.33. The molecule has 0 spiro atoms. The van der Waals surface area contributed by atoms with E-state index in [9.17, 15) is 9.59 Å². The summed E-state index contributed by atoms with van der Waals surface area (Å²) in [4.78, 5) is 24.0. The standard InChI is InChI=1S/C17H22N4O3/c1-11(24-10-12-6-7-12)16(22)18-8-9-19-17(23)15-13-4-2-3-5-14(13)20-21-15/h2-5,11-12H,6-10H2,1H3,(H,18,22)(H,19,23)(H,20,21)/t11-/m0/s1. The minimum atomic E-state index is -0.461. The third kappa shape index (κ3) is 4.11. The molecule has 1 aliphatic rings. The molecule has 0 bridgehead atoms. The molecule has 1 aromatic heterocycles. The molecule has 2 aromatic rings. The van der Waals surface area contributed by atoms with Crippen molar-refractivity contribution in [1.82, 2.24) is 20.8 Å². The molecule has 1 heterocycles. The number of amides is 2. The van der Waals surface area contributed by atoms with E-state index in [-0.39, 0.29) is 11.8 Å². The number of nitrogens with zero attached hydrogens (tertiary/aromatic N) is 1. The number of hydrogen-bond acceptors (Lipinski definition) is 4. The summed E-state index contributed by atoms with van der Waals surface area (Å²) in [6.07, 6.45) is 1.93. The number of carbonyl (C=O) groups excluding carboxylic acids is 2. The molecule has 1 fully saturated rings. The topological polar surface area (TPSA) is 96.1 Å². The normalized spacial score (nSPS) is 15.2. The van der Waals surface area contributed by atoms with Crippen LogP contribution in [0, 0.1) is 5.92 Å². The molecule has 128 valence electrons. The lowest BCUT2D eigenvalue weighted by molar-refractivity contribution is -0.131. The molecular formula is C17H22N4O3. The van der Waals surface area contributed by atoms with Gasteiger partial charge >= 0.3 is 0 Å². The van der Waals surface area contributed by atoms with Gasteiger partial charge in [-0.2, -0.15) is 5.10 Å². The van der Waals surface area contributed by atoms with Crippen molar-refractivity contribution in [3.8, 4) is 0 Å². The van der Waals surface area contributed by atoms with Crippen LogP contribution in [0.1, 0.15) is 30.3 Å². The first-order valence-electron chi connectivity index (χ1n) is 8.26. The van der Waals surface area contributed by atoms with Crippen LogP contribution in [0.15, 0.2) is 24.3 Å². The largest absolute Gasteiger partial charge is 0.368 e. The number of benzene rings is 1. The van der Waals surface area contributed by atoms with Crippen LogP contribution in [0.4, 0.5) is 0 Å². The van der Waals surface area contributed by atoms with E-state index in [1.807, 2.05) is 24.3 Å². The summed E-state index contributed by atoms with van der Waals surface area (Å²) in [5, 5.41) is 13.2. The Morgan fingerprint density at radius 1 is 1.29 bits per heavy atom. The molecule has 0 saturated heterocycles. The van der Waals surface area contributed by atoms with Gasteiger partial charge in [-0.15, -0.1) is 0 Å². The highest BCUT2D eigenvalue weighted by Crippen LogP contribution is 2.29. The first-order valence-corrected chi connectivity index (χ1v) is 8.26. The number of para-hydroxylation sites is 1. The van der Waals surface area contributed by atoms with Gasteiger partial charge in [-0.25, -0.2) is 0 Å². The predicted molar refractivity (Wildman–Crippen MR) is 89.6 cm³/mol. The van der Waals surface area contributed by atoms with Crippen LogP contribution < -0.4 is 10.6 Å². The Labute approximate surface area is 140 Å². The molecule has 0 aliphatic heterocycles. The summed E-state index contributed by atoms with van der Waals surface area (Å²) >= 11 is 0. The number of H-pyrrole nitrogens is 1. The van der Waals surface area contributed by atoms with Crippen LogP contribution in [0.3, 0.4) is 0 Å².